The van der Waals surface area contributed by atoms with Crippen LogP contribution in [0.2, 0.25) is 0 Å². The van der Waals surface area contributed by atoms with Crippen molar-refractivity contribution in [2.75, 3.05) is 11.4 Å². The molecular formula is C20H19FN2O2. The maximum Gasteiger partial charge on any atom is 0.242 e. The second-order valence-electron chi connectivity index (χ2n) is 6.69. The molecule has 25 heavy (non-hydrogen) atoms. The normalized spacial score (nSPS) is 17.1. The van der Waals surface area contributed by atoms with Crippen LogP contribution in [0, 0.1) is 11.2 Å². The fourth-order valence-corrected chi connectivity index (χ4v) is 3.46. The fourth-order valence-electron chi connectivity index (χ4n) is 3.46. The van der Waals surface area contributed by atoms with Crippen LogP contribution in [-0.2, 0) is 22.6 Å². The third-order valence-corrected chi connectivity index (χ3v) is 5.12. The molecule has 2 aromatic rings. The molecule has 0 saturated heterocycles. The summed E-state index contributed by atoms with van der Waals surface area (Å²) in [6, 6.07) is 14.1. The molecule has 1 N–H and O–H groups in total. The van der Waals surface area contributed by atoms with Crippen molar-refractivity contribution in [1.82, 2.24) is 5.32 Å². The Morgan fingerprint density at radius 2 is 1.80 bits per heavy atom. The zero-order valence-corrected chi connectivity index (χ0v) is 13.8. The lowest BCUT2D eigenvalue weighted by atomic mass is 10.0. The first kappa shape index (κ1) is 15.8. The summed E-state index contributed by atoms with van der Waals surface area (Å²) in [6.45, 7) is 0.706. The van der Waals surface area contributed by atoms with Gasteiger partial charge in [0.05, 0.1) is 0 Å². The predicted molar refractivity (Wildman–Crippen MR) is 92.4 cm³/mol. The third kappa shape index (κ3) is 2.69. The van der Waals surface area contributed by atoms with Crippen LogP contribution in [0.25, 0.3) is 0 Å². The van der Waals surface area contributed by atoms with E-state index in [0.29, 0.717) is 24.9 Å². The minimum Gasteiger partial charge on any atom is -0.351 e. The van der Waals surface area contributed by atoms with Gasteiger partial charge in [-0.05, 0) is 37.0 Å². The molecule has 0 spiro atoms. The Kier molecular flexibility index (Phi) is 3.79. The number of halogens is 1. The maximum absolute atomic E-state index is 13.7. The molecule has 0 atom stereocenters. The molecular weight excluding hydrogens is 319 g/mol. The van der Waals surface area contributed by atoms with Crippen molar-refractivity contribution in [1.29, 1.82) is 0 Å². The molecule has 4 rings (SSSR count). The van der Waals surface area contributed by atoms with Crippen molar-refractivity contribution in [2.24, 2.45) is 5.41 Å². The molecule has 0 bridgehead atoms. The Morgan fingerprint density at radius 3 is 2.56 bits per heavy atom. The maximum atomic E-state index is 13.7. The van der Waals surface area contributed by atoms with E-state index in [9.17, 15) is 14.0 Å². The molecule has 2 amide bonds. The van der Waals surface area contributed by atoms with Crippen LogP contribution in [0.15, 0.2) is 48.5 Å². The van der Waals surface area contributed by atoms with Crippen molar-refractivity contribution < 1.29 is 14.0 Å². The predicted octanol–water partition coefficient (Wildman–Crippen LogP) is 2.81. The van der Waals surface area contributed by atoms with Gasteiger partial charge in [0.15, 0.2) is 0 Å². The van der Waals surface area contributed by atoms with Crippen molar-refractivity contribution in [3.05, 3.63) is 65.5 Å². The van der Waals surface area contributed by atoms with Crippen LogP contribution in [-0.4, -0.2) is 18.4 Å². The van der Waals surface area contributed by atoms with Gasteiger partial charge < -0.3 is 10.2 Å². The van der Waals surface area contributed by atoms with Gasteiger partial charge in [-0.3, -0.25) is 9.59 Å². The first-order valence-electron chi connectivity index (χ1n) is 8.53. The molecule has 1 aliphatic heterocycles. The quantitative estimate of drug-likeness (QED) is 0.872. The number of amides is 2. The van der Waals surface area contributed by atoms with Gasteiger partial charge >= 0.3 is 0 Å². The van der Waals surface area contributed by atoms with Gasteiger partial charge in [-0.2, -0.15) is 0 Å². The van der Waals surface area contributed by atoms with E-state index in [-0.39, 0.29) is 24.2 Å². The van der Waals surface area contributed by atoms with Gasteiger partial charge in [-0.15, -0.1) is 0 Å². The van der Waals surface area contributed by atoms with E-state index < -0.39 is 5.41 Å². The van der Waals surface area contributed by atoms with Crippen LogP contribution >= 0.6 is 0 Å². The van der Waals surface area contributed by atoms with Crippen molar-refractivity contribution in [2.45, 2.75) is 25.8 Å². The number of carbonyl (C=O) groups is 2. The van der Waals surface area contributed by atoms with Crippen molar-refractivity contribution in [3.63, 3.8) is 0 Å². The van der Waals surface area contributed by atoms with Gasteiger partial charge in [-0.1, -0.05) is 36.4 Å². The van der Waals surface area contributed by atoms with Gasteiger partial charge in [0.1, 0.15) is 11.2 Å². The van der Waals surface area contributed by atoms with Gasteiger partial charge in [-0.25, -0.2) is 4.39 Å². The fraction of sp³-hybridized carbons (Fsp3) is 0.300. The molecule has 1 heterocycles. The molecule has 0 radical (unpaired) electrons. The van der Waals surface area contributed by atoms with E-state index in [2.05, 4.69) is 5.32 Å². The summed E-state index contributed by atoms with van der Waals surface area (Å²) < 4.78 is 13.7. The number of rotatable bonds is 4. The Labute approximate surface area is 145 Å². The van der Waals surface area contributed by atoms with Gasteiger partial charge in [0, 0.05) is 24.3 Å². The molecule has 0 unspecified atom stereocenters. The lowest BCUT2D eigenvalue weighted by molar-refractivity contribution is -0.135. The Hall–Kier alpha value is -2.69. The number of nitrogens with zero attached hydrogens (tertiary/aromatic N) is 1. The molecule has 1 saturated carbocycles. The molecule has 1 fully saturated rings. The molecule has 1 aliphatic carbocycles. The molecule has 0 aromatic heterocycles. The van der Waals surface area contributed by atoms with Crippen LogP contribution < -0.4 is 10.2 Å². The number of nitrogens with one attached hydrogen (secondary N) is 1. The number of fused-ring (bicyclic) bond motifs is 1. The average molecular weight is 338 g/mol. The minimum absolute atomic E-state index is 0.0944. The Morgan fingerprint density at radius 1 is 1.08 bits per heavy atom. The summed E-state index contributed by atoms with van der Waals surface area (Å²) in [5.74, 6) is -0.791. The molecule has 2 aliphatic rings. The zero-order valence-electron chi connectivity index (χ0n) is 13.8. The number of benzene rings is 2. The van der Waals surface area contributed by atoms with Crippen LogP contribution in [0.3, 0.4) is 0 Å². The summed E-state index contributed by atoms with van der Waals surface area (Å²) in [5.41, 5.74) is 1.48. The smallest absolute Gasteiger partial charge is 0.242 e. The second kappa shape index (κ2) is 5.99. The molecule has 2 aromatic carbocycles. The van der Waals surface area contributed by atoms with E-state index in [1.807, 2.05) is 24.3 Å². The number of hydrogen-bond donors (Lipinski definition) is 1. The zero-order chi connectivity index (χ0) is 17.4. The molecule has 128 valence electrons. The van der Waals surface area contributed by atoms with E-state index in [1.54, 1.807) is 23.1 Å². The van der Waals surface area contributed by atoms with E-state index >= 15 is 0 Å². The highest BCUT2D eigenvalue weighted by Crippen LogP contribution is 2.49. The standard InChI is InChI=1S/C20H19FN2O2/c21-16-7-3-1-6-15(16)13-22-18(24)20(10-11-20)19(25)23-12-9-14-5-2-4-8-17(14)23/h1-8H,9-13H2,(H,22,24). The van der Waals surface area contributed by atoms with E-state index in [4.69, 9.17) is 0 Å². The monoisotopic (exact) mass is 338 g/mol. The van der Waals surface area contributed by atoms with Gasteiger partial charge in [0.25, 0.3) is 0 Å². The molecule has 5 heteroatoms. The number of hydrogen-bond acceptors (Lipinski definition) is 2. The molecule has 4 nitrogen and oxygen atoms in total. The summed E-state index contributed by atoms with van der Waals surface area (Å²) in [7, 11) is 0. The highest BCUT2D eigenvalue weighted by molar-refractivity contribution is 6.14. The first-order chi connectivity index (χ1) is 12.1. The lowest BCUT2D eigenvalue weighted by Crippen LogP contribution is -2.44. The summed E-state index contributed by atoms with van der Waals surface area (Å²) in [5, 5.41) is 2.74. The number of carbonyl (C=O) groups excluding carboxylic acids is 2. The van der Waals surface area contributed by atoms with Gasteiger partial charge in [0.2, 0.25) is 11.8 Å². The topological polar surface area (TPSA) is 49.4 Å². The highest BCUT2D eigenvalue weighted by atomic mass is 19.1. The SMILES string of the molecule is O=C(NCc1ccccc1F)C1(C(=O)N2CCc3ccccc32)CC1. The largest absolute Gasteiger partial charge is 0.351 e. The average Bonchev–Trinajstić information content (AvgIpc) is 3.34. The van der Waals surface area contributed by atoms with E-state index in [0.717, 1.165) is 17.7 Å². The Balaban J connectivity index is 1.48. The third-order valence-electron chi connectivity index (χ3n) is 5.12. The van der Waals surface area contributed by atoms with Crippen molar-refractivity contribution >= 4 is 17.5 Å². The highest BCUT2D eigenvalue weighted by Gasteiger charge is 2.58. The summed E-state index contributed by atoms with van der Waals surface area (Å²) >= 11 is 0. The number of para-hydroxylation sites is 1. The van der Waals surface area contributed by atoms with Crippen LogP contribution in [0.1, 0.15) is 24.0 Å². The summed E-state index contributed by atoms with van der Waals surface area (Å²) in [6.07, 6.45) is 1.91. The Bertz CT molecular complexity index is 845. The lowest BCUT2D eigenvalue weighted by Gasteiger charge is -2.23. The minimum atomic E-state index is -0.983. The second-order valence-corrected chi connectivity index (χ2v) is 6.69. The summed E-state index contributed by atoms with van der Waals surface area (Å²) in [4.78, 5) is 27.4. The van der Waals surface area contributed by atoms with Crippen molar-refractivity contribution in [3.8, 4) is 0 Å². The number of anilines is 1. The first-order valence-corrected chi connectivity index (χ1v) is 8.53. The van der Waals surface area contributed by atoms with E-state index in [1.165, 1.54) is 6.07 Å². The van der Waals surface area contributed by atoms with Crippen LogP contribution in [0.4, 0.5) is 10.1 Å². The van der Waals surface area contributed by atoms with Crippen LogP contribution in [0.5, 0.6) is 0 Å².